The normalized spacial score (nSPS) is 9.33. The number of carbonyl (C=O) groups is 1. The van der Waals surface area contributed by atoms with Gasteiger partial charge in [0.15, 0.2) is 5.78 Å². The lowest BCUT2D eigenvalue weighted by Gasteiger charge is -2.02. The van der Waals surface area contributed by atoms with Gasteiger partial charge in [0.2, 0.25) is 0 Å². The zero-order valence-electron chi connectivity index (χ0n) is 7.85. The molecule has 0 aliphatic heterocycles. The number of nitriles is 1. The van der Waals surface area contributed by atoms with Crippen LogP contribution < -0.4 is 5.73 Å². The van der Waals surface area contributed by atoms with Crippen molar-refractivity contribution in [3.05, 3.63) is 33.4 Å². The number of anilines is 1. The summed E-state index contributed by atoms with van der Waals surface area (Å²) in [6.07, 6.45) is 0. The maximum absolute atomic E-state index is 11.2. The van der Waals surface area contributed by atoms with Gasteiger partial charge in [-0.3, -0.25) is 14.9 Å². The largest absolute Gasteiger partial charge is 0.398 e. The molecular formula is C9H7N3O3. The molecule has 0 unspecified atom stereocenters. The van der Waals surface area contributed by atoms with Crippen LogP contribution in [0.15, 0.2) is 12.1 Å². The number of nitro groups is 1. The second-order valence-corrected chi connectivity index (χ2v) is 2.89. The Kier molecular flexibility index (Phi) is 2.67. The van der Waals surface area contributed by atoms with Crippen molar-refractivity contribution in [2.75, 3.05) is 5.73 Å². The summed E-state index contributed by atoms with van der Waals surface area (Å²) >= 11 is 0. The molecule has 0 aliphatic rings. The molecule has 0 atom stereocenters. The highest BCUT2D eigenvalue weighted by Gasteiger charge is 2.22. The van der Waals surface area contributed by atoms with E-state index < -0.39 is 16.4 Å². The van der Waals surface area contributed by atoms with Crippen molar-refractivity contribution in [3.8, 4) is 6.07 Å². The third-order valence-electron chi connectivity index (χ3n) is 1.81. The number of ketones is 1. The molecule has 1 aromatic carbocycles. The number of hydrogen-bond donors (Lipinski definition) is 1. The molecule has 0 aliphatic carbocycles. The zero-order chi connectivity index (χ0) is 11.6. The van der Waals surface area contributed by atoms with Crippen LogP contribution in [0.2, 0.25) is 0 Å². The molecule has 0 amide bonds. The molecule has 15 heavy (non-hydrogen) atoms. The van der Waals surface area contributed by atoms with Crippen LogP contribution in [0.3, 0.4) is 0 Å². The van der Waals surface area contributed by atoms with Crippen LogP contribution >= 0.6 is 0 Å². The average Bonchev–Trinajstić information content (AvgIpc) is 2.15. The number of nitrogens with two attached hydrogens (primary N) is 1. The van der Waals surface area contributed by atoms with Gasteiger partial charge in [0, 0.05) is 11.8 Å². The minimum atomic E-state index is -0.728. The Balaban J connectivity index is 3.64. The SMILES string of the molecule is CC(=O)c1c(C#N)cc(N)cc1[N+](=O)[O-]. The van der Waals surface area contributed by atoms with E-state index in [9.17, 15) is 14.9 Å². The van der Waals surface area contributed by atoms with Gasteiger partial charge in [-0.1, -0.05) is 0 Å². The minimum absolute atomic E-state index is 0.0748. The number of carbonyl (C=O) groups excluding carboxylic acids is 1. The lowest BCUT2D eigenvalue weighted by molar-refractivity contribution is -0.385. The number of hydrogen-bond acceptors (Lipinski definition) is 5. The van der Waals surface area contributed by atoms with Gasteiger partial charge in [0.05, 0.1) is 10.5 Å². The molecule has 0 saturated carbocycles. The van der Waals surface area contributed by atoms with E-state index in [2.05, 4.69) is 0 Å². The second-order valence-electron chi connectivity index (χ2n) is 2.89. The third-order valence-corrected chi connectivity index (χ3v) is 1.81. The molecule has 0 fully saturated rings. The van der Waals surface area contributed by atoms with Crippen molar-refractivity contribution in [2.24, 2.45) is 0 Å². The van der Waals surface area contributed by atoms with E-state index in [1.807, 2.05) is 0 Å². The number of Topliss-reactive ketones (excluding diaryl/α,β-unsaturated/α-hetero) is 1. The van der Waals surface area contributed by atoms with Gasteiger partial charge in [-0.2, -0.15) is 5.26 Å². The molecule has 1 aromatic rings. The second kappa shape index (κ2) is 3.75. The number of rotatable bonds is 2. The molecule has 6 nitrogen and oxygen atoms in total. The summed E-state index contributed by atoms with van der Waals surface area (Å²) in [7, 11) is 0. The Morgan fingerprint density at radius 1 is 1.60 bits per heavy atom. The Bertz CT molecular complexity index is 488. The highest BCUT2D eigenvalue weighted by molar-refractivity contribution is 6.01. The van der Waals surface area contributed by atoms with Crippen molar-refractivity contribution in [1.82, 2.24) is 0 Å². The standard InChI is InChI=1S/C9H7N3O3/c1-5(13)9-6(4-10)2-7(11)3-8(9)12(14)15/h2-3H,11H2,1H3. The zero-order valence-corrected chi connectivity index (χ0v) is 7.85. The minimum Gasteiger partial charge on any atom is -0.398 e. The summed E-state index contributed by atoms with van der Waals surface area (Å²) in [6, 6.07) is 4.01. The Morgan fingerprint density at radius 3 is 2.60 bits per heavy atom. The number of nitrogens with zero attached hydrogens (tertiary/aromatic N) is 2. The first-order valence-electron chi connectivity index (χ1n) is 3.96. The van der Waals surface area contributed by atoms with Crippen LogP contribution in [-0.2, 0) is 0 Å². The van der Waals surface area contributed by atoms with Crippen molar-refractivity contribution in [3.63, 3.8) is 0 Å². The summed E-state index contributed by atoms with van der Waals surface area (Å²) in [5, 5.41) is 19.4. The van der Waals surface area contributed by atoms with Crippen molar-refractivity contribution in [2.45, 2.75) is 6.92 Å². The summed E-state index contributed by atoms with van der Waals surface area (Å²) in [4.78, 5) is 21.1. The summed E-state index contributed by atoms with van der Waals surface area (Å²) < 4.78 is 0. The number of benzene rings is 1. The summed E-state index contributed by atoms with van der Waals surface area (Å²) in [6.45, 7) is 1.17. The molecular weight excluding hydrogens is 198 g/mol. The maximum Gasteiger partial charge on any atom is 0.283 e. The van der Waals surface area contributed by atoms with Crippen molar-refractivity contribution >= 4 is 17.2 Å². The van der Waals surface area contributed by atoms with E-state index in [1.165, 1.54) is 13.0 Å². The molecule has 0 aromatic heterocycles. The maximum atomic E-state index is 11.2. The highest BCUT2D eigenvalue weighted by Crippen LogP contribution is 2.25. The number of nitro benzene ring substituents is 1. The van der Waals surface area contributed by atoms with E-state index >= 15 is 0 Å². The number of nitrogen functional groups attached to an aromatic ring is 1. The molecule has 0 heterocycles. The molecule has 0 radical (unpaired) electrons. The van der Waals surface area contributed by atoms with E-state index in [0.717, 1.165) is 6.07 Å². The molecule has 2 N–H and O–H groups in total. The van der Waals surface area contributed by atoms with E-state index in [1.54, 1.807) is 6.07 Å². The van der Waals surface area contributed by atoms with Gasteiger partial charge in [-0.25, -0.2) is 0 Å². The van der Waals surface area contributed by atoms with Crippen molar-refractivity contribution < 1.29 is 9.72 Å². The highest BCUT2D eigenvalue weighted by atomic mass is 16.6. The smallest absolute Gasteiger partial charge is 0.283 e. The predicted octanol–water partition coefficient (Wildman–Crippen LogP) is 1.25. The molecule has 0 saturated heterocycles. The van der Waals surface area contributed by atoms with Crippen LogP contribution in [0, 0.1) is 21.4 Å². The third kappa shape index (κ3) is 1.91. The topological polar surface area (TPSA) is 110 Å². The Hall–Kier alpha value is -2.42. The Labute approximate surface area is 85.1 Å². The molecule has 76 valence electrons. The van der Waals surface area contributed by atoms with E-state index in [4.69, 9.17) is 11.0 Å². The fraction of sp³-hybridized carbons (Fsp3) is 0.111. The summed E-state index contributed by atoms with van der Waals surface area (Å²) in [5.41, 5.74) is 4.76. The summed E-state index contributed by atoms with van der Waals surface area (Å²) in [5.74, 6) is -0.529. The van der Waals surface area contributed by atoms with Gasteiger partial charge in [-0.15, -0.1) is 0 Å². The molecule has 0 bridgehead atoms. The van der Waals surface area contributed by atoms with Gasteiger partial charge < -0.3 is 5.73 Å². The molecule has 6 heteroatoms. The average molecular weight is 205 g/mol. The molecule has 0 spiro atoms. The lowest BCUT2D eigenvalue weighted by Crippen LogP contribution is -2.04. The fourth-order valence-electron chi connectivity index (χ4n) is 1.25. The van der Waals surface area contributed by atoms with Gasteiger partial charge in [0.25, 0.3) is 5.69 Å². The predicted molar refractivity (Wildman–Crippen MR) is 52.2 cm³/mol. The van der Waals surface area contributed by atoms with E-state index in [0.29, 0.717) is 0 Å². The fourth-order valence-corrected chi connectivity index (χ4v) is 1.25. The van der Waals surface area contributed by atoms with Crippen LogP contribution in [0.4, 0.5) is 11.4 Å². The first-order valence-corrected chi connectivity index (χ1v) is 3.96. The van der Waals surface area contributed by atoms with Crippen LogP contribution in [0.5, 0.6) is 0 Å². The van der Waals surface area contributed by atoms with Gasteiger partial charge in [-0.05, 0) is 13.0 Å². The van der Waals surface area contributed by atoms with Crippen LogP contribution in [0.25, 0.3) is 0 Å². The van der Waals surface area contributed by atoms with Crippen molar-refractivity contribution in [1.29, 1.82) is 5.26 Å². The molecule has 1 rings (SSSR count). The van der Waals surface area contributed by atoms with Crippen LogP contribution in [0.1, 0.15) is 22.8 Å². The van der Waals surface area contributed by atoms with Gasteiger partial charge in [0.1, 0.15) is 11.6 Å². The van der Waals surface area contributed by atoms with E-state index in [-0.39, 0.29) is 16.8 Å². The van der Waals surface area contributed by atoms with Gasteiger partial charge >= 0.3 is 0 Å². The monoisotopic (exact) mass is 205 g/mol. The first-order chi connectivity index (χ1) is 6.97. The Morgan fingerprint density at radius 2 is 2.20 bits per heavy atom. The first kappa shape index (κ1) is 10.7. The van der Waals surface area contributed by atoms with Crippen LogP contribution in [-0.4, -0.2) is 10.7 Å². The lowest BCUT2D eigenvalue weighted by atomic mass is 10.0. The quantitative estimate of drug-likeness (QED) is 0.338.